The van der Waals surface area contributed by atoms with Gasteiger partial charge in [0.15, 0.2) is 0 Å². The van der Waals surface area contributed by atoms with Crippen molar-refractivity contribution in [3.8, 4) is 0 Å². The molecular weight excluding hydrogens is 256 g/mol. The molecule has 0 bridgehead atoms. The second kappa shape index (κ2) is 6.17. The summed E-state index contributed by atoms with van der Waals surface area (Å²) in [6.07, 6.45) is 1.57. The minimum absolute atomic E-state index is 0.189. The highest BCUT2D eigenvalue weighted by Crippen LogP contribution is 2.14. The number of nitrogens with one attached hydrogen (secondary N) is 1. The Morgan fingerprint density at radius 2 is 2.22 bits per heavy atom. The number of anilines is 1. The molecule has 1 aliphatic heterocycles. The molecule has 1 saturated heterocycles. The number of halogens is 1. The van der Waals surface area contributed by atoms with Crippen molar-refractivity contribution in [3.05, 3.63) is 21.6 Å². The van der Waals surface area contributed by atoms with E-state index in [1.165, 1.54) is 4.68 Å². The van der Waals surface area contributed by atoms with Crippen molar-refractivity contribution in [1.82, 2.24) is 14.7 Å². The van der Waals surface area contributed by atoms with Crippen molar-refractivity contribution in [2.75, 3.05) is 44.7 Å². The zero-order valence-electron chi connectivity index (χ0n) is 10.4. The molecule has 1 aromatic rings. The molecule has 1 fully saturated rings. The van der Waals surface area contributed by atoms with E-state index in [0.29, 0.717) is 5.69 Å². The van der Waals surface area contributed by atoms with Gasteiger partial charge in [-0.1, -0.05) is 11.6 Å². The van der Waals surface area contributed by atoms with Crippen molar-refractivity contribution in [2.45, 2.75) is 0 Å². The van der Waals surface area contributed by atoms with Gasteiger partial charge >= 0.3 is 0 Å². The topological polar surface area (TPSA) is 59.4 Å². The normalized spacial score (nSPS) is 16.8. The second-order valence-corrected chi connectivity index (χ2v) is 4.56. The summed E-state index contributed by atoms with van der Waals surface area (Å²) in [6.45, 7) is 5.10. The highest BCUT2D eigenvalue weighted by molar-refractivity contribution is 6.32. The molecule has 1 aliphatic rings. The van der Waals surface area contributed by atoms with Crippen LogP contribution in [0.4, 0.5) is 5.69 Å². The monoisotopic (exact) mass is 272 g/mol. The first kappa shape index (κ1) is 13.3. The Hall–Kier alpha value is -1.11. The molecule has 1 N–H and O–H groups in total. The Morgan fingerprint density at radius 3 is 2.94 bits per heavy atom. The number of hydrogen-bond donors (Lipinski definition) is 1. The second-order valence-electron chi connectivity index (χ2n) is 4.18. The predicted molar refractivity (Wildman–Crippen MR) is 70.2 cm³/mol. The fourth-order valence-electron chi connectivity index (χ4n) is 1.81. The smallest absolute Gasteiger partial charge is 0.287 e. The molecule has 100 valence electrons. The van der Waals surface area contributed by atoms with E-state index in [2.05, 4.69) is 15.3 Å². The Balaban J connectivity index is 1.86. The molecule has 0 spiro atoms. The number of nitrogens with zero attached hydrogens (tertiary/aromatic N) is 3. The van der Waals surface area contributed by atoms with Crippen LogP contribution in [0, 0.1) is 0 Å². The van der Waals surface area contributed by atoms with Crippen LogP contribution in [0.15, 0.2) is 11.0 Å². The Labute approximate surface area is 110 Å². The fraction of sp³-hybridized carbons (Fsp3) is 0.636. The van der Waals surface area contributed by atoms with Gasteiger partial charge in [0.05, 0.1) is 25.1 Å². The highest BCUT2D eigenvalue weighted by Gasteiger charge is 2.10. The zero-order valence-corrected chi connectivity index (χ0v) is 11.1. The molecule has 0 radical (unpaired) electrons. The van der Waals surface area contributed by atoms with Crippen LogP contribution in [0.5, 0.6) is 0 Å². The fourth-order valence-corrected chi connectivity index (χ4v) is 2.05. The third-order valence-corrected chi connectivity index (χ3v) is 3.29. The van der Waals surface area contributed by atoms with Crippen LogP contribution in [0.2, 0.25) is 5.02 Å². The third-order valence-electron chi connectivity index (χ3n) is 2.93. The predicted octanol–water partition coefficient (Wildman–Crippen LogP) is 0.178. The first-order chi connectivity index (χ1) is 8.68. The SMILES string of the molecule is Cn1ncc(NCCN2CCOCC2)c(Cl)c1=O. The van der Waals surface area contributed by atoms with Crippen LogP contribution >= 0.6 is 11.6 Å². The molecule has 18 heavy (non-hydrogen) atoms. The summed E-state index contributed by atoms with van der Waals surface area (Å²) in [4.78, 5) is 13.9. The number of morpholine rings is 1. The summed E-state index contributed by atoms with van der Waals surface area (Å²) in [7, 11) is 1.58. The number of hydrogen-bond acceptors (Lipinski definition) is 5. The average molecular weight is 273 g/mol. The number of aromatic nitrogens is 2. The molecule has 0 amide bonds. The lowest BCUT2D eigenvalue weighted by Crippen LogP contribution is -2.39. The van der Waals surface area contributed by atoms with Crippen molar-refractivity contribution in [1.29, 1.82) is 0 Å². The third kappa shape index (κ3) is 3.22. The first-order valence-corrected chi connectivity index (χ1v) is 6.32. The van der Waals surface area contributed by atoms with Gasteiger partial charge in [-0.15, -0.1) is 0 Å². The molecule has 6 nitrogen and oxygen atoms in total. The molecule has 0 aromatic carbocycles. The van der Waals surface area contributed by atoms with Gasteiger partial charge in [0.1, 0.15) is 5.02 Å². The van der Waals surface area contributed by atoms with Crippen molar-refractivity contribution >= 4 is 17.3 Å². The van der Waals surface area contributed by atoms with E-state index in [-0.39, 0.29) is 10.6 Å². The van der Waals surface area contributed by atoms with Gasteiger partial charge in [-0.3, -0.25) is 9.69 Å². The summed E-state index contributed by atoms with van der Waals surface area (Å²) < 4.78 is 6.49. The first-order valence-electron chi connectivity index (χ1n) is 5.94. The van der Waals surface area contributed by atoms with E-state index < -0.39 is 0 Å². The average Bonchev–Trinajstić information content (AvgIpc) is 2.40. The minimum Gasteiger partial charge on any atom is -0.381 e. The van der Waals surface area contributed by atoms with Gasteiger partial charge in [-0.2, -0.15) is 5.10 Å². The van der Waals surface area contributed by atoms with Crippen LogP contribution in [0.1, 0.15) is 0 Å². The Bertz CT molecular complexity index is 457. The van der Waals surface area contributed by atoms with Crippen molar-refractivity contribution < 1.29 is 4.74 Å². The van der Waals surface area contributed by atoms with E-state index in [9.17, 15) is 4.79 Å². The van der Waals surface area contributed by atoms with Gasteiger partial charge in [-0.25, -0.2) is 4.68 Å². The quantitative estimate of drug-likeness (QED) is 0.847. The highest BCUT2D eigenvalue weighted by atomic mass is 35.5. The lowest BCUT2D eigenvalue weighted by Gasteiger charge is -2.26. The summed E-state index contributed by atoms with van der Waals surface area (Å²) in [5.74, 6) is 0. The van der Waals surface area contributed by atoms with E-state index in [4.69, 9.17) is 16.3 Å². The molecular formula is C11H17ClN4O2. The lowest BCUT2D eigenvalue weighted by atomic mass is 10.4. The van der Waals surface area contributed by atoms with Gasteiger partial charge < -0.3 is 10.1 Å². The number of rotatable bonds is 4. The molecule has 2 heterocycles. The summed E-state index contributed by atoms with van der Waals surface area (Å²) in [6, 6.07) is 0. The summed E-state index contributed by atoms with van der Waals surface area (Å²) >= 11 is 5.95. The van der Waals surface area contributed by atoms with Crippen LogP contribution in [-0.2, 0) is 11.8 Å². The molecule has 0 unspecified atom stereocenters. The largest absolute Gasteiger partial charge is 0.381 e. The zero-order chi connectivity index (χ0) is 13.0. The number of aryl methyl sites for hydroxylation is 1. The van der Waals surface area contributed by atoms with Crippen molar-refractivity contribution in [3.63, 3.8) is 0 Å². The molecule has 7 heteroatoms. The standard InChI is InChI=1S/C11H17ClN4O2/c1-15-11(17)10(12)9(8-14-15)13-2-3-16-4-6-18-7-5-16/h8,13H,2-7H2,1H3. The minimum atomic E-state index is -0.284. The van der Waals surface area contributed by atoms with Crippen molar-refractivity contribution in [2.24, 2.45) is 7.05 Å². The van der Waals surface area contributed by atoms with E-state index >= 15 is 0 Å². The lowest BCUT2D eigenvalue weighted by molar-refractivity contribution is 0.0398. The van der Waals surface area contributed by atoms with E-state index in [1.54, 1.807) is 13.2 Å². The number of ether oxygens (including phenoxy) is 1. The van der Waals surface area contributed by atoms with E-state index in [1.807, 2.05) is 0 Å². The maximum atomic E-state index is 11.6. The molecule has 1 aromatic heterocycles. The maximum absolute atomic E-state index is 11.6. The van der Waals surface area contributed by atoms with Crippen LogP contribution in [-0.4, -0.2) is 54.1 Å². The maximum Gasteiger partial charge on any atom is 0.287 e. The van der Waals surface area contributed by atoms with Gasteiger partial charge in [0.25, 0.3) is 5.56 Å². The Kier molecular flexibility index (Phi) is 4.57. The molecule has 2 rings (SSSR count). The summed E-state index contributed by atoms with van der Waals surface area (Å²) in [5, 5.41) is 7.26. The van der Waals surface area contributed by atoms with Gasteiger partial charge in [-0.05, 0) is 0 Å². The van der Waals surface area contributed by atoms with E-state index in [0.717, 1.165) is 39.4 Å². The van der Waals surface area contributed by atoms with Crippen LogP contribution in [0.25, 0.3) is 0 Å². The van der Waals surface area contributed by atoms with Gasteiger partial charge in [0.2, 0.25) is 0 Å². The summed E-state index contributed by atoms with van der Waals surface area (Å²) in [5.41, 5.74) is 0.307. The molecule has 0 saturated carbocycles. The Morgan fingerprint density at radius 1 is 1.50 bits per heavy atom. The van der Waals surface area contributed by atoms with Crippen LogP contribution < -0.4 is 10.9 Å². The van der Waals surface area contributed by atoms with Gasteiger partial charge in [0, 0.05) is 33.2 Å². The molecule has 0 atom stereocenters. The van der Waals surface area contributed by atoms with Crippen LogP contribution in [0.3, 0.4) is 0 Å². The molecule has 0 aliphatic carbocycles.